The molecule has 0 fully saturated rings. The second kappa shape index (κ2) is 5.92. The number of hydrogen-bond donors (Lipinski definition) is 2. The number of carbonyl (C=O) groups excluding carboxylic acids is 1. The lowest BCUT2D eigenvalue weighted by atomic mass is 10.1. The molecule has 0 aliphatic carbocycles. The molecule has 0 bridgehead atoms. The molecular formula is C12H15NO3. The zero-order valence-electron chi connectivity index (χ0n) is 9.31. The van der Waals surface area contributed by atoms with Crippen molar-refractivity contribution in [3.63, 3.8) is 0 Å². The first-order chi connectivity index (χ1) is 7.67. The molecule has 1 rings (SSSR count). The van der Waals surface area contributed by atoms with Gasteiger partial charge in [0.1, 0.15) is 18.3 Å². The van der Waals surface area contributed by atoms with E-state index < -0.39 is 6.23 Å². The molecule has 0 saturated carbocycles. The second-order valence-electron chi connectivity index (χ2n) is 3.27. The number of aldehydes is 1. The van der Waals surface area contributed by atoms with E-state index in [0.29, 0.717) is 12.0 Å². The van der Waals surface area contributed by atoms with Crippen LogP contribution in [0, 0.1) is 0 Å². The lowest BCUT2D eigenvalue weighted by molar-refractivity contribution is -0.104. The Morgan fingerprint density at radius 1 is 1.50 bits per heavy atom. The van der Waals surface area contributed by atoms with Crippen LogP contribution in [-0.2, 0) is 4.79 Å². The minimum Gasteiger partial charge on any atom is -0.496 e. The van der Waals surface area contributed by atoms with Gasteiger partial charge >= 0.3 is 0 Å². The summed E-state index contributed by atoms with van der Waals surface area (Å²) >= 11 is 0. The topological polar surface area (TPSA) is 58.6 Å². The average molecular weight is 221 g/mol. The number of anilines is 1. The maximum atomic E-state index is 10.2. The first kappa shape index (κ1) is 12.3. The molecule has 0 unspecified atom stereocenters. The standard InChI is InChI=1S/C12H15NO3/c1-9(15)13-11-6-5-10(4-3-7-14)12(8-11)16-2/h3-9,13,15H,1-2H3/b4-3-/t9-/m1/s1. The predicted molar refractivity (Wildman–Crippen MR) is 63.4 cm³/mol. The van der Waals surface area contributed by atoms with Gasteiger partial charge in [-0.1, -0.05) is 0 Å². The van der Waals surface area contributed by atoms with Gasteiger partial charge < -0.3 is 15.2 Å². The largest absolute Gasteiger partial charge is 0.496 e. The van der Waals surface area contributed by atoms with Crippen LogP contribution in [0.3, 0.4) is 0 Å². The third-order valence-corrected chi connectivity index (χ3v) is 1.96. The Kier molecular flexibility index (Phi) is 4.54. The second-order valence-corrected chi connectivity index (χ2v) is 3.27. The lowest BCUT2D eigenvalue weighted by Crippen LogP contribution is -2.13. The van der Waals surface area contributed by atoms with Crippen LogP contribution in [0.4, 0.5) is 5.69 Å². The smallest absolute Gasteiger partial charge is 0.142 e. The van der Waals surface area contributed by atoms with Crippen molar-refractivity contribution in [3.05, 3.63) is 29.8 Å². The molecule has 1 aromatic carbocycles. The summed E-state index contributed by atoms with van der Waals surface area (Å²) in [7, 11) is 1.56. The molecule has 1 atom stereocenters. The van der Waals surface area contributed by atoms with Gasteiger partial charge in [-0.15, -0.1) is 0 Å². The van der Waals surface area contributed by atoms with Crippen LogP contribution in [0.25, 0.3) is 6.08 Å². The van der Waals surface area contributed by atoms with Crippen LogP contribution in [-0.4, -0.2) is 24.7 Å². The average Bonchev–Trinajstić information content (AvgIpc) is 2.26. The molecule has 0 aliphatic rings. The van der Waals surface area contributed by atoms with E-state index in [2.05, 4.69) is 5.32 Å². The van der Waals surface area contributed by atoms with Gasteiger partial charge in [-0.2, -0.15) is 0 Å². The highest BCUT2D eigenvalue weighted by Crippen LogP contribution is 2.24. The van der Waals surface area contributed by atoms with E-state index in [1.807, 2.05) is 6.07 Å². The number of aliphatic hydroxyl groups is 1. The highest BCUT2D eigenvalue weighted by Gasteiger charge is 2.02. The van der Waals surface area contributed by atoms with Gasteiger partial charge in [-0.25, -0.2) is 0 Å². The first-order valence-corrected chi connectivity index (χ1v) is 4.92. The summed E-state index contributed by atoms with van der Waals surface area (Å²) in [4.78, 5) is 10.2. The Morgan fingerprint density at radius 2 is 2.25 bits per heavy atom. The Bertz CT molecular complexity index is 386. The molecule has 2 N–H and O–H groups in total. The van der Waals surface area contributed by atoms with Crippen molar-refractivity contribution in [2.24, 2.45) is 0 Å². The van der Waals surface area contributed by atoms with E-state index in [4.69, 9.17) is 9.84 Å². The fraction of sp³-hybridized carbons (Fsp3) is 0.250. The van der Waals surface area contributed by atoms with Crippen LogP contribution in [0.2, 0.25) is 0 Å². The van der Waals surface area contributed by atoms with E-state index in [1.165, 1.54) is 6.08 Å². The van der Waals surface area contributed by atoms with Crippen molar-refractivity contribution in [1.29, 1.82) is 0 Å². The van der Waals surface area contributed by atoms with Gasteiger partial charge in [-0.3, -0.25) is 4.79 Å². The fourth-order valence-corrected chi connectivity index (χ4v) is 1.32. The number of aliphatic hydroxyl groups excluding tert-OH is 1. The third-order valence-electron chi connectivity index (χ3n) is 1.96. The summed E-state index contributed by atoms with van der Waals surface area (Å²) in [5, 5.41) is 12.0. The molecule has 0 spiro atoms. The van der Waals surface area contributed by atoms with Gasteiger partial charge in [0.25, 0.3) is 0 Å². The summed E-state index contributed by atoms with van der Waals surface area (Å²) in [6.45, 7) is 1.63. The van der Waals surface area contributed by atoms with E-state index in [9.17, 15) is 4.79 Å². The van der Waals surface area contributed by atoms with Crippen LogP contribution in [0.5, 0.6) is 5.75 Å². The third kappa shape index (κ3) is 3.40. The normalized spacial score (nSPS) is 12.4. The molecule has 0 amide bonds. The number of hydrogen-bond acceptors (Lipinski definition) is 4. The molecule has 0 aromatic heterocycles. The van der Waals surface area contributed by atoms with Gasteiger partial charge in [0.15, 0.2) is 0 Å². The number of allylic oxidation sites excluding steroid dienone is 1. The monoisotopic (exact) mass is 221 g/mol. The fourth-order valence-electron chi connectivity index (χ4n) is 1.32. The number of benzene rings is 1. The Morgan fingerprint density at radius 3 is 2.81 bits per heavy atom. The molecule has 0 heterocycles. The van der Waals surface area contributed by atoms with E-state index in [1.54, 1.807) is 32.2 Å². The number of carbonyl (C=O) groups is 1. The predicted octanol–water partition coefficient (Wildman–Crippen LogP) is 1.66. The molecule has 4 heteroatoms. The molecule has 0 aliphatic heterocycles. The maximum absolute atomic E-state index is 10.2. The van der Waals surface area contributed by atoms with Crippen LogP contribution in [0.15, 0.2) is 24.3 Å². The van der Waals surface area contributed by atoms with E-state index in [0.717, 1.165) is 11.3 Å². The van der Waals surface area contributed by atoms with Crippen molar-refractivity contribution >= 4 is 18.0 Å². The van der Waals surface area contributed by atoms with Gasteiger partial charge in [-0.05, 0) is 31.2 Å². The Hall–Kier alpha value is -1.81. The highest BCUT2D eigenvalue weighted by atomic mass is 16.5. The Labute approximate surface area is 94.6 Å². The van der Waals surface area contributed by atoms with Crippen molar-refractivity contribution in [2.75, 3.05) is 12.4 Å². The summed E-state index contributed by atoms with van der Waals surface area (Å²) in [6, 6.07) is 5.38. The first-order valence-electron chi connectivity index (χ1n) is 4.92. The minimum atomic E-state index is -0.624. The van der Waals surface area contributed by atoms with E-state index >= 15 is 0 Å². The van der Waals surface area contributed by atoms with E-state index in [-0.39, 0.29) is 0 Å². The lowest BCUT2D eigenvalue weighted by Gasteiger charge is -2.11. The molecule has 16 heavy (non-hydrogen) atoms. The summed E-state index contributed by atoms with van der Waals surface area (Å²) in [5.41, 5.74) is 1.57. The molecule has 0 radical (unpaired) electrons. The number of nitrogens with one attached hydrogen (secondary N) is 1. The van der Waals surface area contributed by atoms with Crippen molar-refractivity contribution in [2.45, 2.75) is 13.2 Å². The molecule has 1 aromatic rings. The SMILES string of the molecule is COc1cc(N[C@@H](C)O)ccc1/C=C\C=O. The zero-order valence-corrected chi connectivity index (χ0v) is 9.31. The van der Waals surface area contributed by atoms with Crippen molar-refractivity contribution < 1.29 is 14.6 Å². The maximum Gasteiger partial charge on any atom is 0.142 e. The summed E-state index contributed by atoms with van der Waals surface area (Å²) < 4.78 is 5.18. The van der Waals surface area contributed by atoms with Crippen LogP contribution < -0.4 is 10.1 Å². The summed E-state index contributed by atoms with van der Waals surface area (Å²) in [5.74, 6) is 0.642. The molecular weight excluding hydrogens is 206 g/mol. The van der Waals surface area contributed by atoms with Gasteiger partial charge in [0.05, 0.1) is 7.11 Å². The summed E-state index contributed by atoms with van der Waals surface area (Å²) in [6.07, 6.45) is 3.15. The van der Waals surface area contributed by atoms with Gasteiger partial charge in [0.2, 0.25) is 0 Å². The number of rotatable bonds is 5. The quantitative estimate of drug-likeness (QED) is 0.451. The number of methoxy groups -OCH3 is 1. The molecule has 4 nitrogen and oxygen atoms in total. The Balaban J connectivity index is 2.96. The molecule has 86 valence electrons. The van der Waals surface area contributed by atoms with Gasteiger partial charge in [0, 0.05) is 17.3 Å². The molecule has 0 saturated heterocycles. The zero-order chi connectivity index (χ0) is 12.0. The van der Waals surface area contributed by atoms with Crippen molar-refractivity contribution in [3.8, 4) is 5.75 Å². The highest BCUT2D eigenvalue weighted by molar-refractivity contribution is 5.76. The minimum absolute atomic E-state index is 0.624. The van der Waals surface area contributed by atoms with Crippen LogP contribution >= 0.6 is 0 Å². The van der Waals surface area contributed by atoms with Crippen molar-refractivity contribution in [1.82, 2.24) is 0 Å². The number of ether oxygens (including phenoxy) is 1. The van der Waals surface area contributed by atoms with Crippen LogP contribution in [0.1, 0.15) is 12.5 Å².